The second-order valence-electron chi connectivity index (χ2n) is 5.54. The van der Waals surface area contributed by atoms with Gasteiger partial charge in [-0.3, -0.25) is 4.79 Å². The number of carbonyl (C=O) groups excluding carboxylic acids is 1. The van der Waals surface area contributed by atoms with E-state index in [4.69, 9.17) is 9.84 Å². The summed E-state index contributed by atoms with van der Waals surface area (Å²) in [6, 6.07) is 18.4. The molecule has 0 bridgehead atoms. The standard InChI is InChI=1S/C19H19N3O3/c1-14(25-17-9-5-6-15(12-17)13-23)19(24)20-18-10-11-22(21-18)16-7-3-2-4-8-16/h2-12,14,23H,13H2,1H3,(H,20,21,24). The zero-order chi connectivity index (χ0) is 17.6. The summed E-state index contributed by atoms with van der Waals surface area (Å²) in [4.78, 5) is 12.3. The molecule has 0 radical (unpaired) electrons. The van der Waals surface area contributed by atoms with Crippen molar-refractivity contribution in [2.45, 2.75) is 19.6 Å². The van der Waals surface area contributed by atoms with Crippen LogP contribution < -0.4 is 10.1 Å². The van der Waals surface area contributed by atoms with Crippen molar-refractivity contribution in [2.75, 3.05) is 5.32 Å². The van der Waals surface area contributed by atoms with Crippen LogP contribution in [0.2, 0.25) is 0 Å². The van der Waals surface area contributed by atoms with Crippen LogP contribution in [0.4, 0.5) is 5.82 Å². The molecular formula is C19H19N3O3. The Bertz CT molecular complexity index is 846. The van der Waals surface area contributed by atoms with E-state index < -0.39 is 6.10 Å². The molecule has 3 aromatic rings. The Hall–Kier alpha value is -3.12. The van der Waals surface area contributed by atoms with E-state index in [1.165, 1.54) is 0 Å². The molecule has 0 aliphatic carbocycles. The summed E-state index contributed by atoms with van der Waals surface area (Å²) in [5.41, 5.74) is 1.64. The zero-order valence-electron chi connectivity index (χ0n) is 13.8. The predicted molar refractivity (Wildman–Crippen MR) is 94.6 cm³/mol. The number of hydrogen-bond acceptors (Lipinski definition) is 4. The molecule has 0 aliphatic heterocycles. The van der Waals surface area contributed by atoms with Gasteiger partial charge in [0, 0.05) is 12.3 Å². The van der Waals surface area contributed by atoms with Crippen molar-refractivity contribution in [1.29, 1.82) is 0 Å². The molecule has 25 heavy (non-hydrogen) atoms. The summed E-state index contributed by atoms with van der Waals surface area (Å²) in [6.07, 6.45) is 1.08. The van der Waals surface area contributed by atoms with Gasteiger partial charge in [0.1, 0.15) is 5.75 Å². The Morgan fingerprint density at radius 3 is 2.76 bits per heavy atom. The number of amides is 1. The van der Waals surface area contributed by atoms with Crippen molar-refractivity contribution < 1.29 is 14.6 Å². The number of carbonyl (C=O) groups is 1. The fourth-order valence-corrected chi connectivity index (χ4v) is 2.32. The maximum atomic E-state index is 12.3. The highest BCUT2D eigenvalue weighted by Crippen LogP contribution is 2.16. The van der Waals surface area contributed by atoms with Gasteiger partial charge in [-0.05, 0) is 36.8 Å². The fourth-order valence-electron chi connectivity index (χ4n) is 2.32. The molecule has 3 rings (SSSR count). The van der Waals surface area contributed by atoms with E-state index in [0.29, 0.717) is 11.6 Å². The number of nitrogens with zero attached hydrogens (tertiary/aromatic N) is 2. The van der Waals surface area contributed by atoms with E-state index in [2.05, 4.69) is 10.4 Å². The smallest absolute Gasteiger partial charge is 0.266 e. The van der Waals surface area contributed by atoms with E-state index in [9.17, 15) is 4.79 Å². The summed E-state index contributed by atoms with van der Waals surface area (Å²) < 4.78 is 7.31. The first-order valence-corrected chi connectivity index (χ1v) is 7.94. The number of aromatic nitrogens is 2. The number of ether oxygens (including phenoxy) is 1. The van der Waals surface area contributed by atoms with Crippen LogP contribution in [-0.4, -0.2) is 26.9 Å². The zero-order valence-corrected chi connectivity index (χ0v) is 13.8. The van der Waals surface area contributed by atoms with Crippen LogP contribution in [0.1, 0.15) is 12.5 Å². The Balaban J connectivity index is 1.62. The van der Waals surface area contributed by atoms with Crippen LogP contribution in [0.25, 0.3) is 5.69 Å². The predicted octanol–water partition coefficient (Wildman–Crippen LogP) is 2.77. The van der Waals surface area contributed by atoms with Gasteiger partial charge in [-0.25, -0.2) is 4.68 Å². The van der Waals surface area contributed by atoms with E-state index in [0.717, 1.165) is 11.3 Å². The summed E-state index contributed by atoms with van der Waals surface area (Å²) in [5, 5.41) is 16.2. The van der Waals surface area contributed by atoms with Crippen LogP contribution in [0, 0.1) is 0 Å². The Kier molecular flexibility index (Phi) is 5.11. The Labute approximate surface area is 145 Å². The molecule has 1 unspecified atom stereocenters. The topological polar surface area (TPSA) is 76.4 Å². The molecule has 0 saturated heterocycles. The van der Waals surface area contributed by atoms with Gasteiger partial charge in [-0.15, -0.1) is 0 Å². The third-order valence-electron chi connectivity index (χ3n) is 3.62. The number of nitrogens with one attached hydrogen (secondary N) is 1. The molecule has 6 heteroatoms. The molecule has 1 heterocycles. The first-order chi connectivity index (χ1) is 12.2. The van der Waals surface area contributed by atoms with Gasteiger partial charge < -0.3 is 15.2 Å². The Morgan fingerprint density at radius 2 is 2.00 bits per heavy atom. The van der Waals surface area contributed by atoms with Crippen LogP contribution in [-0.2, 0) is 11.4 Å². The maximum absolute atomic E-state index is 12.3. The van der Waals surface area contributed by atoms with Gasteiger partial charge in [-0.2, -0.15) is 5.10 Å². The lowest BCUT2D eigenvalue weighted by Gasteiger charge is -2.14. The van der Waals surface area contributed by atoms with Crippen LogP contribution in [0.5, 0.6) is 5.75 Å². The first-order valence-electron chi connectivity index (χ1n) is 7.94. The second kappa shape index (κ2) is 7.63. The molecule has 1 aromatic heterocycles. The second-order valence-corrected chi connectivity index (χ2v) is 5.54. The van der Waals surface area contributed by atoms with Crippen molar-refractivity contribution >= 4 is 11.7 Å². The lowest BCUT2D eigenvalue weighted by Crippen LogP contribution is -2.30. The molecule has 6 nitrogen and oxygen atoms in total. The number of hydrogen-bond donors (Lipinski definition) is 2. The number of aliphatic hydroxyl groups excluding tert-OH is 1. The lowest BCUT2D eigenvalue weighted by atomic mass is 10.2. The van der Waals surface area contributed by atoms with E-state index >= 15 is 0 Å². The molecule has 2 N–H and O–H groups in total. The average Bonchev–Trinajstić information content (AvgIpc) is 3.11. The van der Waals surface area contributed by atoms with Gasteiger partial charge in [0.2, 0.25) is 0 Å². The largest absolute Gasteiger partial charge is 0.481 e. The number of para-hydroxylation sites is 1. The molecule has 0 fully saturated rings. The average molecular weight is 337 g/mol. The van der Waals surface area contributed by atoms with Crippen molar-refractivity contribution in [3.63, 3.8) is 0 Å². The van der Waals surface area contributed by atoms with Gasteiger partial charge in [0.15, 0.2) is 11.9 Å². The SMILES string of the molecule is CC(Oc1cccc(CO)c1)C(=O)Nc1ccn(-c2ccccc2)n1. The summed E-state index contributed by atoms with van der Waals surface area (Å²) in [6.45, 7) is 1.59. The van der Waals surface area contributed by atoms with E-state index in [1.54, 1.807) is 48.1 Å². The molecule has 1 amide bonds. The summed E-state index contributed by atoms with van der Waals surface area (Å²) in [5.74, 6) is 0.685. The molecule has 0 saturated carbocycles. The number of anilines is 1. The fraction of sp³-hybridized carbons (Fsp3) is 0.158. The minimum Gasteiger partial charge on any atom is -0.481 e. The van der Waals surface area contributed by atoms with E-state index in [1.807, 2.05) is 30.3 Å². The van der Waals surface area contributed by atoms with E-state index in [-0.39, 0.29) is 12.5 Å². The minimum absolute atomic E-state index is 0.0747. The van der Waals surface area contributed by atoms with Gasteiger partial charge in [-0.1, -0.05) is 30.3 Å². The highest BCUT2D eigenvalue weighted by molar-refractivity contribution is 5.93. The summed E-state index contributed by atoms with van der Waals surface area (Å²) >= 11 is 0. The first kappa shape index (κ1) is 16.7. The van der Waals surface area contributed by atoms with Crippen LogP contribution in [0.15, 0.2) is 66.9 Å². The molecule has 2 aromatic carbocycles. The van der Waals surface area contributed by atoms with Crippen molar-refractivity contribution in [3.8, 4) is 11.4 Å². The van der Waals surface area contributed by atoms with Crippen molar-refractivity contribution in [2.24, 2.45) is 0 Å². The third-order valence-corrected chi connectivity index (χ3v) is 3.62. The molecule has 1 atom stereocenters. The molecule has 128 valence electrons. The number of rotatable bonds is 6. The monoisotopic (exact) mass is 337 g/mol. The molecule has 0 aliphatic rings. The number of benzene rings is 2. The lowest BCUT2D eigenvalue weighted by molar-refractivity contribution is -0.122. The highest BCUT2D eigenvalue weighted by atomic mass is 16.5. The van der Waals surface area contributed by atoms with Crippen LogP contribution in [0.3, 0.4) is 0 Å². The van der Waals surface area contributed by atoms with Gasteiger partial charge in [0.25, 0.3) is 5.91 Å². The normalized spacial score (nSPS) is 11.8. The maximum Gasteiger partial charge on any atom is 0.266 e. The van der Waals surface area contributed by atoms with Crippen molar-refractivity contribution in [1.82, 2.24) is 9.78 Å². The minimum atomic E-state index is -0.698. The van der Waals surface area contributed by atoms with Crippen LogP contribution >= 0.6 is 0 Å². The summed E-state index contributed by atoms with van der Waals surface area (Å²) in [7, 11) is 0. The quantitative estimate of drug-likeness (QED) is 0.725. The third kappa shape index (κ3) is 4.24. The number of aliphatic hydroxyl groups is 1. The Morgan fingerprint density at radius 1 is 1.20 bits per heavy atom. The van der Waals surface area contributed by atoms with Gasteiger partial charge in [0.05, 0.1) is 12.3 Å². The molecular weight excluding hydrogens is 318 g/mol. The molecule has 0 spiro atoms. The van der Waals surface area contributed by atoms with Crippen molar-refractivity contribution in [3.05, 3.63) is 72.4 Å². The van der Waals surface area contributed by atoms with Gasteiger partial charge >= 0.3 is 0 Å². The highest BCUT2D eigenvalue weighted by Gasteiger charge is 2.16.